The third-order valence-corrected chi connectivity index (χ3v) is 7.33. The fourth-order valence-electron chi connectivity index (χ4n) is 5.60. The summed E-state index contributed by atoms with van der Waals surface area (Å²) in [6, 6.07) is 0. The van der Waals surface area contributed by atoms with E-state index in [4.69, 9.17) is 10.2 Å². The summed E-state index contributed by atoms with van der Waals surface area (Å²) in [4.78, 5) is 11.9. The molecule has 3 aliphatic carbocycles. The SMILES string of the molecule is CC(C)C1=CC2=CC[C@@H]3[C@](C)(CCC[C@@]3(C)C(=O)O)[C@H]2CC1.CC(O)CO. The molecule has 1 unspecified atom stereocenters. The van der Waals surface area contributed by atoms with E-state index >= 15 is 0 Å². The lowest BCUT2D eigenvalue weighted by Gasteiger charge is -2.57. The lowest BCUT2D eigenvalue weighted by atomic mass is 9.47. The van der Waals surface area contributed by atoms with Crippen molar-refractivity contribution in [1.29, 1.82) is 0 Å². The van der Waals surface area contributed by atoms with Crippen molar-refractivity contribution >= 4 is 5.97 Å². The van der Waals surface area contributed by atoms with Crippen molar-refractivity contribution < 1.29 is 20.1 Å². The van der Waals surface area contributed by atoms with Crippen molar-refractivity contribution in [2.75, 3.05) is 6.61 Å². The molecular weight excluding hydrogens is 340 g/mol. The van der Waals surface area contributed by atoms with Gasteiger partial charge in [0.15, 0.2) is 0 Å². The van der Waals surface area contributed by atoms with Crippen LogP contribution in [0.5, 0.6) is 0 Å². The van der Waals surface area contributed by atoms with Crippen LogP contribution in [-0.4, -0.2) is 34.0 Å². The summed E-state index contributed by atoms with van der Waals surface area (Å²) in [6.45, 7) is 10.3. The molecule has 0 aliphatic heterocycles. The van der Waals surface area contributed by atoms with E-state index in [-0.39, 0.29) is 17.9 Å². The van der Waals surface area contributed by atoms with Gasteiger partial charge < -0.3 is 15.3 Å². The smallest absolute Gasteiger partial charge is 0.309 e. The summed E-state index contributed by atoms with van der Waals surface area (Å²) in [5.74, 6) is 0.888. The molecule has 5 atom stereocenters. The van der Waals surface area contributed by atoms with Crippen LogP contribution in [0.3, 0.4) is 0 Å². The Morgan fingerprint density at radius 3 is 2.41 bits per heavy atom. The molecule has 3 rings (SSSR count). The number of rotatable bonds is 3. The molecule has 3 aliphatic rings. The average Bonchev–Trinajstić information content (AvgIpc) is 2.61. The molecule has 0 heterocycles. The van der Waals surface area contributed by atoms with Gasteiger partial charge in [0.2, 0.25) is 0 Å². The van der Waals surface area contributed by atoms with Gasteiger partial charge in [-0.2, -0.15) is 0 Å². The van der Waals surface area contributed by atoms with E-state index in [1.54, 1.807) is 5.57 Å². The molecule has 3 N–H and O–H groups in total. The predicted molar refractivity (Wildman–Crippen MR) is 108 cm³/mol. The Hall–Kier alpha value is -1.13. The van der Waals surface area contributed by atoms with Gasteiger partial charge in [-0.25, -0.2) is 0 Å². The number of aliphatic hydroxyl groups is 2. The quantitative estimate of drug-likeness (QED) is 0.672. The van der Waals surface area contributed by atoms with E-state index in [9.17, 15) is 9.90 Å². The molecule has 0 aromatic rings. The number of aliphatic carboxylic acids is 1. The van der Waals surface area contributed by atoms with E-state index in [1.807, 2.05) is 6.92 Å². The lowest BCUT2D eigenvalue weighted by molar-refractivity contribution is -0.162. The predicted octanol–water partition coefficient (Wildman–Crippen LogP) is 4.57. The van der Waals surface area contributed by atoms with Crippen LogP contribution in [0.25, 0.3) is 0 Å². The number of fused-ring (bicyclic) bond motifs is 3. The second-order valence-electron chi connectivity index (χ2n) is 9.57. The largest absolute Gasteiger partial charge is 0.481 e. The van der Waals surface area contributed by atoms with Crippen molar-refractivity contribution in [2.45, 2.75) is 79.2 Å². The first kappa shape index (κ1) is 22.2. The van der Waals surface area contributed by atoms with Crippen LogP contribution in [0.4, 0.5) is 0 Å². The van der Waals surface area contributed by atoms with Crippen LogP contribution in [0.2, 0.25) is 0 Å². The summed E-state index contributed by atoms with van der Waals surface area (Å²) in [6.07, 6.45) is 10.7. The Morgan fingerprint density at radius 2 is 1.89 bits per heavy atom. The highest BCUT2D eigenvalue weighted by Crippen LogP contribution is 2.62. The van der Waals surface area contributed by atoms with Crippen molar-refractivity contribution in [3.05, 3.63) is 23.3 Å². The zero-order chi connectivity index (χ0) is 20.4. The maximum atomic E-state index is 11.9. The van der Waals surface area contributed by atoms with Crippen molar-refractivity contribution in [2.24, 2.45) is 28.6 Å². The van der Waals surface area contributed by atoms with Gasteiger partial charge in [-0.05, 0) is 74.7 Å². The van der Waals surface area contributed by atoms with E-state index in [0.29, 0.717) is 11.8 Å². The third kappa shape index (κ3) is 4.32. The number of carboxylic acids is 1. The minimum Gasteiger partial charge on any atom is -0.481 e. The highest BCUT2D eigenvalue weighted by Gasteiger charge is 2.57. The molecule has 0 saturated heterocycles. The Kier molecular flexibility index (Phi) is 6.96. The van der Waals surface area contributed by atoms with Gasteiger partial charge >= 0.3 is 5.97 Å². The van der Waals surface area contributed by atoms with Crippen LogP contribution in [0.15, 0.2) is 23.3 Å². The second-order valence-corrected chi connectivity index (χ2v) is 9.57. The molecule has 0 aromatic carbocycles. The zero-order valence-corrected chi connectivity index (χ0v) is 17.7. The molecule has 0 radical (unpaired) electrons. The number of aliphatic hydroxyl groups excluding tert-OH is 2. The second kappa shape index (κ2) is 8.48. The maximum absolute atomic E-state index is 11.9. The van der Waals surface area contributed by atoms with Gasteiger partial charge in [0, 0.05) is 0 Å². The standard InChI is InChI=1S/C20H30O2.C3H8O2/c1-13(2)14-6-8-16-15(12-14)7-9-17-19(16,3)10-5-11-20(17,4)18(21)22;1-3(5)2-4/h7,12-13,16-17H,5-6,8-11H2,1-4H3,(H,21,22);3-5H,2H2,1H3/t16-,17+,19+,20+;/m0./s1. The summed E-state index contributed by atoms with van der Waals surface area (Å²) in [5.41, 5.74) is 2.69. The van der Waals surface area contributed by atoms with Gasteiger partial charge in [0.1, 0.15) is 0 Å². The van der Waals surface area contributed by atoms with Crippen LogP contribution < -0.4 is 0 Å². The van der Waals surface area contributed by atoms with Crippen LogP contribution in [0.1, 0.15) is 73.1 Å². The monoisotopic (exact) mass is 378 g/mol. The summed E-state index contributed by atoms with van der Waals surface area (Å²) < 4.78 is 0. The van der Waals surface area contributed by atoms with Gasteiger partial charge in [0.05, 0.1) is 18.1 Å². The molecule has 4 nitrogen and oxygen atoms in total. The van der Waals surface area contributed by atoms with E-state index in [2.05, 4.69) is 32.9 Å². The van der Waals surface area contributed by atoms with Crippen LogP contribution >= 0.6 is 0 Å². The Balaban J connectivity index is 0.000000465. The Morgan fingerprint density at radius 1 is 1.26 bits per heavy atom. The molecule has 0 spiro atoms. The van der Waals surface area contributed by atoms with Crippen molar-refractivity contribution in [3.63, 3.8) is 0 Å². The molecule has 0 bridgehead atoms. The van der Waals surface area contributed by atoms with Crippen molar-refractivity contribution in [3.8, 4) is 0 Å². The van der Waals surface area contributed by atoms with Crippen LogP contribution in [0, 0.1) is 28.6 Å². The zero-order valence-electron chi connectivity index (χ0n) is 17.7. The average molecular weight is 379 g/mol. The normalized spacial score (nSPS) is 36.4. The summed E-state index contributed by atoms with van der Waals surface area (Å²) >= 11 is 0. The van der Waals surface area contributed by atoms with Gasteiger partial charge in [-0.15, -0.1) is 0 Å². The van der Waals surface area contributed by atoms with E-state index < -0.39 is 17.5 Å². The van der Waals surface area contributed by atoms with Gasteiger partial charge in [-0.3, -0.25) is 4.79 Å². The summed E-state index contributed by atoms with van der Waals surface area (Å²) in [5, 5.41) is 25.8. The van der Waals surface area contributed by atoms with Gasteiger partial charge in [-0.1, -0.05) is 44.9 Å². The molecule has 0 aromatic heterocycles. The van der Waals surface area contributed by atoms with Gasteiger partial charge in [0.25, 0.3) is 0 Å². The highest BCUT2D eigenvalue weighted by molar-refractivity contribution is 5.75. The fourth-order valence-corrected chi connectivity index (χ4v) is 5.60. The van der Waals surface area contributed by atoms with Crippen LogP contribution in [-0.2, 0) is 4.79 Å². The molecule has 4 heteroatoms. The number of allylic oxidation sites excluding steroid dienone is 4. The molecule has 154 valence electrons. The third-order valence-electron chi connectivity index (χ3n) is 7.33. The van der Waals surface area contributed by atoms with Crippen molar-refractivity contribution in [1.82, 2.24) is 0 Å². The molecule has 1 fully saturated rings. The Labute approximate surface area is 164 Å². The molecular formula is C23H38O4. The lowest BCUT2D eigenvalue weighted by Crippen LogP contribution is -2.53. The molecule has 27 heavy (non-hydrogen) atoms. The fraction of sp³-hybridized carbons (Fsp3) is 0.783. The number of carboxylic acid groups (broad SMARTS) is 1. The minimum atomic E-state index is -0.588. The highest BCUT2D eigenvalue weighted by atomic mass is 16.4. The maximum Gasteiger partial charge on any atom is 0.309 e. The van der Waals surface area contributed by atoms with E-state index in [1.165, 1.54) is 31.8 Å². The minimum absolute atomic E-state index is 0.139. The Bertz CT molecular complexity index is 603. The first-order chi connectivity index (χ1) is 12.6. The first-order valence-electron chi connectivity index (χ1n) is 10.5. The molecule has 1 saturated carbocycles. The first-order valence-corrected chi connectivity index (χ1v) is 10.5. The molecule has 0 amide bonds. The number of carbonyl (C=O) groups is 1. The summed E-state index contributed by atoms with van der Waals surface area (Å²) in [7, 11) is 0. The number of hydrogen-bond acceptors (Lipinski definition) is 3. The topological polar surface area (TPSA) is 77.8 Å². The number of hydrogen-bond donors (Lipinski definition) is 3. The van der Waals surface area contributed by atoms with E-state index in [0.717, 1.165) is 19.3 Å².